The highest BCUT2D eigenvalue weighted by Gasteiger charge is 2.24. The van der Waals surface area contributed by atoms with Gasteiger partial charge in [-0.2, -0.15) is 9.40 Å². The molecule has 0 radical (unpaired) electrons. The maximum Gasteiger partial charge on any atom is 0.345 e. The SMILES string of the molecule is O=C(C=Cc1ccc(S(=O)(=O)N2CCCCCC2)cc1)NCCCn1nc2n(c1=O)CCCC2. The van der Waals surface area contributed by atoms with Crippen LogP contribution in [0.3, 0.4) is 0 Å². The predicted octanol–water partition coefficient (Wildman–Crippen LogP) is 2.17. The van der Waals surface area contributed by atoms with Crippen molar-refractivity contribution in [3.05, 3.63) is 52.2 Å². The van der Waals surface area contributed by atoms with Gasteiger partial charge >= 0.3 is 5.69 Å². The van der Waals surface area contributed by atoms with Gasteiger partial charge in [0, 0.05) is 45.2 Å². The van der Waals surface area contributed by atoms with E-state index in [-0.39, 0.29) is 16.5 Å². The number of carbonyl (C=O) groups is 1. The van der Waals surface area contributed by atoms with Gasteiger partial charge in [0.25, 0.3) is 0 Å². The Bertz CT molecular complexity index is 1170. The van der Waals surface area contributed by atoms with Gasteiger partial charge in [-0.05, 0) is 55.9 Å². The summed E-state index contributed by atoms with van der Waals surface area (Å²) >= 11 is 0. The Morgan fingerprint density at radius 3 is 2.41 bits per heavy atom. The minimum Gasteiger partial charge on any atom is -0.352 e. The van der Waals surface area contributed by atoms with Crippen LogP contribution >= 0.6 is 0 Å². The molecule has 2 aliphatic rings. The monoisotopic (exact) mass is 487 g/mol. The van der Waals surface area contributed by atoms with E-state index in [0.29, 0.717) is 32.6 Å². The first kappa shape index (κ1) is 24.4. The van der Waals surface area contributed by atoms with Crippen LogP contribution in [-0.4, -0.2) is 52.6 Å². The second-order valence-electron chi connectivity index (χ2n) is 8.90. The number of carbonyl (C=O) groups excluding carboxylic acids is 1. The molecule has 0 spiro atoms. The summed E-state index contributed by atoms with van der Waals surface area (Å²) in [7, 11) is -3.48. The van der Waals surface area contributed by atoms with Crippen LogP contribution in [0.2, 0.25) is 0 Å². The Kier molecular flexibility index (Phi) is 7.99. The van der Waals surface area contributed by atoms with E-state index in [1.807, 2.05) is 0 Å². The molecule has 1 fully saturated rings. The maximum absolute atomic E-state index is 12.9. The second kappa shape index (κ2) is 11.1. The number of nitrogens with zero attached hydrogens (tertiary/aromatic N) is 4. The van der Waals surface area contributed by atoms with Crippen LogP contribution in [0.1, 0.15) is 56.3 Å². The zero-order chi connectivity index (χ0) is 24.0. The minimum absolute atomic E-state index is 0.0674. The predicted molar refractivity (Wildman–Crippen MR) is 130 cm³/mol. The number of amides is 1. The largest absolute Gasteiger partial charge is 0.352 e. The molecular formula is C24H33N5O4S. The highest BCUT2D eigenvalue weighted by molar-refractivity contribution is 7.89. The van der Waals surface area contributed by atoms with Crippen molar-refractivity contribution in [3.63, 3.8) is 0 Å². The number of fused-ring (bicyclic) bond motifs is 1. The molecule has 0 bridgehead atoms. The zero-order valence-corrected chi connectivity index (χ0v) is 20.3. The van der Waals surface area contributed by atoms with E-state index in [9.17, 15) is 18.0 Å². The van der Waals surface area contributed by atoms with Crippen molar-refractivity contribution in [2.75, 3.05) is 19.6 Å². The molecule has 1 aromatic heterocycles. The highest BCUT2D eigenvalue weighted by atomic mass is 32.2. The fraction of sp³-hybridized carbons (Fsp3) is 0.542. The molecule has 1 aromatic carbocycles. The third-order valence-corrected chi connectivity index (χ3v) is 8.30. The minimum atomic E-state index is -3.48. The molecule has 184 valence electrons. The molecule has 34 heavy (non-hydrogen) atoms. The molecule has 0 atom stereocenters. The van der Waals surface area contributed by atoms with Crippen LogP contribution in [0.25, 0.3) is 6.08 Å². The van der Waals surface area contributed by atoms with Gasteiger partial charge in [-0.15, -0.1) is 0 Å². The fourth-order valence-corrected chi connectivity index (χ4v) is 5.96. The molecule has 1 saturated heterocycles. The molecule has 9 nitrogen and oxygen atoms in total. The van der Waals surface area contributed by atoms with Gasteiger partial charge < -0.3 is 5.32 Å². The van der Waals surface area contributed by atoms with Crippen molar-refractivity contribution in [1.29, 1.82) is 0 Å². The normalized spacial score (nSPS) is 17.4. The number of aromatic nitrogens is 3. The molecule has 1 amide bonds. The first-order valence-electron chi connectivity index (χ1n) is 12.2. The first-order valence-corrected chi connectivity index (χ1v) is 13.6. The average Bonchev–Trinajstić information content (AvgIpc) is 3.01. The standard InChI is InChI=1S/C24H33N5O4S/c30-23(25-15-7-19-29-24(31)28-18-6-3-8-22(28)26-29)14-11-20-9-12-21(13-10-20)34(32,33)27-16-4-1-2-5-17-27/h9-14H,1-8,15-19H2,(H,25,30). The molecular weight excluding hydrogens is 454 g/mol. The number of sulfonamides is 1. The van der Waals surface area contributed by atoms with Crippen molar-refractivity contribution in [1.82, 2.24) is 24.0 Å². The van der Waals surface area contributed by atoms with E-state index in [1.54, 1.807) is 39.2 Å². The van der Waals surface area contributed by atoms with E-state index in [4.69, 9.17) is 0 Å². The highest BCUT2D eigenvalue weighted by Crippen LogP contribution is 2.21. The van der Waals surface area contributed by atoms with Crippen LogP contribution in [0, 0.1) is 0 Å². The maximum atomic E-state index is 12.9. The lowest BCUT2D eigenvalue weighted by molar-refractivity contribution is -0.116. The number of rotatable bonds is 8. The van der Waals surface area contributed by atoms with Crippen LogP contribution in [0.4, 0.5) is 0 Å². The van der Waals surface area contributed by atoms with Crippen LogP contribution < -0.4 is 11.0 Å². The van der Waals surface area contributed by atoms with Crippen molar-refractivity contribution < 1.29 is 13.2 Å². The summed E-state index contributed by atoms with van der Waals surface area (Å²) in [6.45, 7) is 2.78. The van der Waals surface area contributed by atoms with E-state index < -0.39 is 10.0 Å². The van der Waals surface area contributed by atoms with Crippen LogP contribution in [0.15, 0.2) is 40.0 Å². The van der Waals surface area contributed by atoms with Crippen molar-refractivity contribution in [2.24, 2.45) is 0 Å². The van der Waals surface area contributed by atoms with Gasteiger partial charge in [0.05, 0.1) is 4.90 Å². The summed E-state index contributed by atoms with van der Waals surface area (Å²) in [6.07, 6.45) is 10.6. The lowest BCUT2D eigenvalue weighted by Crippen LogP contribution is -2.31. The molecule has 2 aliphatic heterocycles. The van der Waals surface area contributed by atoms with Gasteiger partial charge in [0.1, 0.15) is 5.82 Å². The number of benzene rings is 1. The van der Waals surface area contributed by atoms with Gasteiger partial charge in [0.15, 0.2) is 0 Å². The van der Waals surface area contributed by atoms with E-state index >= 15 is 0 Å². The molecule has 2 aromatic rings. The first-order chi connectivity index (χ1) is 16.4. The van der Waals surface area contributed by atoms with Crippen molar-refractivity contribution >= 4 is 22.0 Å². The van der Waals surface area contributed by atoms with Crippen molar-refractivity contribution in [3.8, 4) is 0 Å². The summed E-state index contributed by atoms with van der Waals surface area (Å²) < 4.78 is 30.5. The summed E-state index contributed by atoms with van der Waals surface area (Å²) in [5, 5.41) is 7.21. The molecule has 0 unspecified atom stereocenters. The third kappa shape index (κ3) is 5.85. The molecule has 4 rings (SSSR count). The van der Waals surface area contributed by atoms with Crippen molar-refractivity contribution in [2.45, 2.75) is 69.4 Å². The van der Waals surface area contributed by atoms with Crippen LogP contribution in [-0.2, 0) is 34.3 Å². The summed E-state index contributed by atoms with van der Waals surface area (Å²) in [5.74, 6) is 0.617. The zero-order valence-electron chi connectivity index (χ0n) is 19.5. The quantitative estimate of drug-likeness (QED) is 0.454. The third-order valence-electron chi connectivity index (χ3n) is 6.39. The Balaban J connectivity index is 1.24. The van der Waals surface area contributed by atoms with Gasteiger partial charge in [0.2, 0.25) is 15.9 Å². The molecule has 0 aliphatic carbocycles. The van der Waals surface area contributed by atoms with Gasteiger partial charge in [-0.1, -0.05) is 25.0 Å². The molecule has 10 heteroatoms. The number of aryl methyl sites for hydroxylation is 2. The van der Waals surface area contributed by atoms with Gasteiger partial charge in [-0.3, -0.25) is 9.36 Å². The lowest BCUT2D eigenvalue weighted by atomic mass is 10.2. The molecule has 1 N–H and O–H groups in total. The molecule has 0 saturated carbocycles. The topological polar surface area (TPSA) is 106 Å². The Labute approximate surface area is 200 Å². The smallest absolute Gasteiger partial charge is 0.345 e. The Morgan fingerprint density at radius 2 is 1.71 bits per heavy atom. The molecule has 3 heterocycles. The number of hydrogen-bond donors (Lipinski definition) is 1. The summed E-state index contributed by atoms with van der Waals surface area (Å²) in [4.78, 5) is 24.7. The number of nitrogens with one attached hydrogen (secondary N) is 1. The average molecular weight is 488 g/mol. The van der Waals surface area contributed by atoms with Gasteiger partial charge in [-0.25, -0.2) is 17.9 Å². The summed E-state index contributed by atoms with van der Waals surface area (Å²) in [5.41, 5.74) is 0.683. The lowest BCUT2D eigenvalue weighted by Gasteiger charge is -2.19. The van der Waals surface area contributed by atoms with E-state index in [1.165, 1.54) is 10.8 Å². The van der Waals surface area contributed by atoms with E-state index in [2.05, 4.69) is 10.4 Å². The van der Waals surface area contributed by atoms with E-state index in [0.717, 1.165) is 62.9 Å². The fourth-order valence-electron chi connectivity index (χ4n) is 4.45. The van der Waals surface area contributed by atoms with Crippen LogP contribution in [0.5, 0.6) is 0 Å². The Hall–Kier alpha value is -2.72. The summed E-state index contributed by atoms with van der Waals surface area (Å²) in [6, 6.07) is 6.61. The second-order valence-corrected chi connectivity index (χ2v) is 10.8. The number of hydrogen-bond acceptors (Lipinski definition) is 5. The Morgan fingerprint density at radius 1 is 1.00 bits per heavy atom.